The second-order valence-electron chi connectivity index (χ2n) is 7.90. The van der Waals surface area contributed by atoms with Gasteiger partial charge in [0.05, 0.1) is 11.8 Å². The number of H-pyrrole nitrogens is 1. The number of aryl methyl sites for hydroxylation is 2. The number of aliphatic hydroxyl groups excluding tert-OH is 1. The molecule has 2 aliphatic rings. The van der Waals surface area contributed by atoms with Gasteiger partial charge in [0.15, 0.2) is 0 Å². The Balaban J connectivity index is 1.52. The number of aromatic amines is 1. The van der Waals surface area contributed by atoms with Gasteiger partial charge in [0.2, 0.25) is 5.95 Å². The van der Waals surface area contributed by atoms with Crippen molar-refractivity contribution in [3.05, 3.63) is 29.2 Å². The van der Waals surface area contributed by atoms with Crippen LogP contribution < -0.4 is 9.80 Å². The van der Waals surface area contributed by atoms with Crippen LogP contribution in [0, 0.1) is 12.8 Å². The maximum atomic E-state index is 10.6. The number of aromatic nitrogens is 4. The first-order valence-electron chi connectivity index (χ1n) is 10.2. The van der Waals surface area contributed by atoms with Gasteiger partial charge in [0.25, 0.3) is 0 Å². The fourth-order valence-electron chi connectivity index (χ4n) is 4.14. The number of aliphatic hydroxyl groups is 1. The topological polar surface area (TPSA) is 81.2 Å². The highest BCUT2D eigenvalue weighted by atomic mass is 16.3. The molecule has 0 saturated carbocycles. The smallest absolute Gasteiger partial charge is 0.227 e. The average Bonchev–Trinajstić information content (AvgIpc) is 3.28. The first-order valence-corrected chi connectivity index (χ1v) is 10.2. The normalized spacial score (nSPS) is 23.2. The molecule has 0 bridgehead atoms. The molecule has 2 aliphatic heterocycles. The number of hydrogen-bond donors (Lipinski definition) is 2. The molecule has 2 atom stereocenters. The number of rotatable bonds is 5. The molecular weight excluding hydrogens is 340 g/mol. The molecule has 2 aromatic rings. The zero-order chi connectivity index (χ0) is 18.8. The molecule has 0 aromatic carbocycles. The summed E-state index contributed by atoms with van der Waals surface area (Å²) in [4.78, 5) is 14.2. The molecule has 0 amide bonds. The molecule has 2 saturated heterocycles. The van der Waals surface area contributed by atoms with E-state index in [9.17, 15) is 5.11 Å². The van der Waals surface area contributed by atoms with Crippen LogP contribution in [0.25, 0.3) is 0 Å². The van der Waals surface area contributed by atoms with Crippen molar-refractivity contribution in [1.82, 2.24) is 20.2 Å². The predicted octanol–water partition coefficient (Wildman–Crippen LogP) is 2.10. The Morgan fingerprint density at radius 3 is 2.59 bits per heavy atom. The highest BCUT2D eigenvalue weighted by molar-refractivity contribution is 5.47. The minimum atomic E-state index is -0.361. The lowest BCUT2D eigenvalue weighted by Gasteiger charge is -2.28. The number of hydrogen-bond acceptors (Lipinski definition) is 6. The molecule has 7 heteroatoms. The summed E-state index contributed by atoms with van der Waals surface area (Å²) in [5, 5.41) is 17.9. The van der Waals surface area contributed by atoms with Crippen molar-refractivity contribution in [3.63, 3.8) is 0 Å². The molecule has 7 nitrogen and oxygen atoms in total. The second-order valence-corrected chi connectivity index (χ2v) is 7.90. The summed E-state index contributed by atoms with van der Waals surface area (Å²) >= 11 is 0. The third kappa shape index (κ3) is 4.08. The van der Waals surface area contributed by atoms with Crippen LogP contribution in [-0.2, 0) is 12.8 Å². The molecule has 0 spiro atoms. The molecule has 2 N–H and O–H groups in total. The van der Waals surface area contributed by atoms with E-state index in [-0.39, 0.29) is 12.0 Å². The fourth-order valence-corrected chi connectivity index (χ4v) is 4.14. The van der Waals surface area contributed by atoms with Gasteiger partial charge in [-0.2, -0.15) is 10.1 Å². The maximum Gasteiger partial charge on any atom is 0.227 e. The molecule has 0 radical (unpaired) electrons. The van der Waals surface area contributed by atoms with E-state index >= 15 is 0 Å². The summed E-state index contributed by atoms with van der Waals surface area (Å²) in [6, 6.07) is 4.14. The van der Waals surface area contributed by atoms with Crippen LogP contribution in [0.4, 0.5) is 11.8 Å². The van der Waals surface area contributed by atoms with E-state index in [1.165, 1.54) is 19.3 Å². The van der Waals surface area contributed by atoms with E-state index in [0.717, 1.165) is 61.3 Å². The minimum Gasteiger partial charge on any atom is -0.391 e. The van der Waals surface area contributed by atoms with Crippen molar-refractivity contribution in [2.24, 2.45) is 5.92 Å². The number of nitrogens with one attached hydrogen (secondary N) is 1. The van der Waals surface area contributed by atoms with E-state index in [2.05, 4.69) is 39.1 Å². The zero-order valence-electron chi connectivity index (χ0n) is 16.4. The summed E-state index contributed by atoms with van der Waals surface area (Å²) < 4.78 is 0. The highest BCUT2D eigenvalue weighted by Gasteiger charge is 2.33. The van der Waals surface area contributed by atoms with E-state index < -0.39 is 0 Å². The lowest BCUT2D eigenvalue weighted by molar-refractivity contribution is 0.148. The third-order valence-electron chi connectivity index (χ3n) is 5.72. The maximum absolute atomic E-state index is 10.6. The van der Waals surface area contributed by atoms with Gasteiger partial charge in [-0.1, -0.05) is 6.92 Å². The Bertz CT molecular complexity index is 770. The van der Waals surface area contributed by atoms with Crippen LogP contribution in [0.2, 0.25) is 0 Å². The molecule has 27 heavy (non-hydrogen) atoms. The van der Waals surface area contributed by atoms with Crippen LogP contribution >= 0.6 is 0 Å². The van der Waals surface area contributed by atoms with Gasteiger partial charge in [-0.15, -0.1) is 0 Å². The largest absolute Gasteiger partial charge is 0.391 e. The number of piperidine rings is 1. The van der Waals surface area contributed by atoms with Crippen LogP contribution in [0.5, 0.6) is 0 Å². The molecule has 2 unspecified atom stereocenters. The van der Waals surface area contributed by atoms with Gasteiger partial charge >= 0.3 is 0 Å². The van der Waals surface area contributed by atoms with Gasteiger partial charge in [0, 0.05) is 49.6 Å². The lowest BCUT2D eigenvalue weighted by atomic mass is 10.0. The predicted molar refractivity (Wildman–Crippen MR) is 106 cm³/mol. The van der Waals surface area contributed by atoms with Crippen LogP contribution in [0.1, 0.15) is 43.3 Å². The first-order chi connectivity index (χ1) is 13.1. The van der Waals surface area contributed by atoms with Crippen molar-refractivity contribution < 1.29 is 5.11 Å². The number of β-amino-alcohol motifs (C(OH)–C–C–N with tert-alkyl or cyclic N) is 1. The first kappa shape index (κ1) is 18.2. The second kappa shape index (κ2) is 7.84. The highest BCUT2D eigenvalue weighted by Crippen LogP contribution is 2.28. The Labute approximate surface area is 160 Å². The van der Waals surface area contributed by atoms with Gasteiger partial charge in [-0.25, -0.2) is 4.98 Å². The van der Waals surface area contributed by atoms with Crippen molar-refractivity contribution >= 4 is 11.8 Å². The molecule has 2 fully saturated rings. The summed E-state index contributed by atoms with van der Waals surface area (Å²) in [7, 11) is 0. The van der Waals surface area contributed by atoms with Crippen molar-refractivity contribution in [1.29, 1.82) is 0 Å². The monoisotopic (exact) mass is 370 g/mol. The lowest BCUT2D eigenvalue weighted by Crippen LogP contribution is -2.32. The van der Waals surface area contributed by atoms with Crippen molar-refractivity contribution in [2.75, 3.05) is 36.0 Å². The average molecular weight is 371 g/mol. The van der Waals surface area contributed by atoms with Gasteiger partial charge < -0.3 is 14.9 Å². The van der Waals surface area contributed by atoms with E-state index in [1.54, 1.807) is 0 Å². The standard InChI is InChI=1S/C20H30N6O/c1-3-16-11-19(22-20(21-16)25-7-5-4-6-8-25)26-12-15(18(27)13-26)10-17-9-14(2)23-24-17/h9,11,15,18,27H,3-8,10,12-13H2,1-2H3,(H,23,24). The molecule has 0 aliphatic carbocycles. The van der Waals surface area contributed by atoms with Crippen LogP contribution in [0.15, 0.2) is 12.1 Å². The number of nitrogens with zero attached hydrogens (tertiary/aromatic N) is 5. The zero-order valence-corrected chi connectivity index (χ0v) is 16.4. The Hall–Kier alpha value is -2.15. The molecular formula is C20H30N6O. The Kier molecular flexibility index (Phi) is 5.29. The molecule has 4 rings (SSSR count). The van der Waals surface area contributed by atoms with Crippen molar-refractivity contribution in [3.8, 4) is 0 Å². The quantitative estimate of drug-likeness (QED) is 0.839. The summed E-state index contributed by atoms with van der Waals surface area (Å²) in [5.74, 6) is 1.97. The van der Waals surface area contributed by atoms with E-state index in [4.69, 9.17) is 9.97 Å². The van der Waals surface area contributed by atoms with Gasteiger partial charge in [0.1, 0.15) is 5.82 Å². The van der Waals surface area contributed by atoms with E-state index in [0.29, 0.717) is 6.54 Å². The molecule has 2 aromatic heterocycles. The molecule has 146 valence electrons. The van der Waals surface area contributed by atoms with Crippen LogP contribution in [-0.4, -0.2) is 57.6 Å². The Morgan fingerprint density at radius 2 is 1.89 bits per heavy atom. The Morgan fingerprint density at radius 1 is 1.07 bits per heavy atom. The number of anilines is 2. The third-order valence-corrected chi connectivity index (χ3v) is 5.72. The van der Waals surface area contributed by atoms with Gasteiger partial charge in [-0.3, -0.25) is 5.10 Å². The SMILES string of the molecule is CCc1cc(N2CC(O)C(Cc3cc(C)[nH]n3)C2)nc(N2CCCCC2)n1. The summed E-state index contributed by atoms with van der Waals surface area (Å²) in [5.41, 5.74) is 3.15. The minimum absolute atomic E-state index is 0.172. The summed E-state index contributed by atoms with van der Waals surface area (Å²) in [6.45, 7) is 7.63. The fraction of sp³-hybridized carbons (Fsp3) is 0.650. The van der Waals surface area contributed by atoms with E-state index in [1.807, 2.05) is 6.92 Å². The van der Waals surface area contributed by atoms with Crippen LogP contribution in [0.3, 0.4) is 0 Å². The van der Waals surface area contributed by atoms with Gasteiger partial charge in [-0.05, 0) is 45.1 Å². The summed E-state index contributed by atoms with van der Waals surface area (Å²) in [6.07, 6.45) is 5.03. The van der Waals surface area contributed by atoms with Crippen molar-refractivity contribution in [2.45, 2.75) is 52.1 Å². The molecule has 4 heterocycles.